The van der Waals surface area contributed by atoms with Crippen molar-refractivity contribution in [3.63, 3.8) is 0 Å². The zero-order chi connectivity index (χ0) is 10.7. The molecule has 0 saturated carbocycles. The molecule has 0 heterocycles. The monoisotopic (exact) mass is 232 g/mol. The van der Waals surface area contributed by atoms with Crippen molar-refractivity contribution in [1.29, 1.82) is 0 Å². The molecular weight excluding hydrogens is 215 g/mol. The van der Waals surface area contributed by atoms with Crippen LogP contribution in [-0.4, -0.2) is 40.1 Å². The Kier molecular flexibility index (Phi) is 12.7. The molecule has 13 heavy (non-hydrogen) atoms. The van der Waals surface area contributed by atoms with Gasteiger partial charge in [-0.25, -0.2) is 4.57 Å². The molecule has 0 saturated heterocycles. The van der Waals surface area contributed by atoms with E-state index in [0.29, 0.717) is 0 Å². The Hall–Kier alpha value is 0.380. The lowest BCUT2D eigenvalue weighted by Gasteiger charge is -1.97. The van der Waals surface area contributed by atoms with Crippen molar-refractivity contribution >= 4 is 20.5 Å². The summed E-state index contributed by atoms with van der Waals surface area (Å²) in [6.45, 7) is 2.79. The summed E-state index contributed by atoms with van der Waals surface area (Å²) in [5, 5.41) is 3.18. The van der Waals surface area contributed by atoms with Crippen molar-refractivity contribution in [2.75, 3.05) is 25.4 Å². The van der Waals surface area contributed by atoms with Gasteiger partial charge in [0.15, 0.2) is 0 Å². The van der Waals surface area contributed by atoms with Gasteiger partial charge in [-0.05, 0) is 19.5 Å². The average Bonchev–Trinajstić information content (AvgIpc) is 1.95. The summed E-state index contributed by atoms with van der Waals surface area (Å²) in [6, 6.07) is 0. The number of thiol groups is 1. The number of hydrogen-bond donors (Lipinski definition) is 6. The van der Waals surface area contributed by atoms with E-state index in [1.54, 1.807) is 0 Å². The molecule has 6 nitrogen and oxygen atoms in total. The van der Waals surface area contributed by atoms with Crippen LogP contribution in [0.4, 0.5) is 0 Å². The Bertz CT molecular complexity index is 128. The number of phosphoric acid groups is 1. The Balaban J connectivity index is 0. The van der Waals surface area contributed by atoms with Crippen LogP contribution in [-0.2, 0) is 4.57 Å². The SMILES string of the molecule is NCCCNCCS.O=P(O)(O)O. The topological polar surface area (TPSA) is 116 Å². The molecule has 0 unspecified atom stereocenters. The molecule has 0 rings (SSSR count). The summed E-state index contributed by atoms with van der Waals surface area (Å²) < 4.78 is 8.88. The quantitative estimate of drug-likeness (QED) is 0.204. The highest BCUT2D eigenvalue weighted by Gasteiger charge is 2.00. The van der Waals surface area contributed by atoms with E-state index in [9.17, 15) is 0 Å². The van der Waals surface area contributed by atoms with Gasteiger partial charge in [-0.1, -0.05) is 0 Å². The fourth-order valence-corrected chi connectivity index (χ4v) is 0.589. The molecule has 0 spiro atoms. The Morgan fingerprint density at radius 2 is 1.77 bits per heavy atom. The maximum Gasteiger partial charge on any atom is 0.466 e. The summed E-state index contributed by atoms with van der Waals surface area (Å²) in [5.74, 6) is 0.907. The summed E-state index contributed by atoms with van der Waals surface area (Å²) >= 11 is 4.03. The molecule has 0 aliphatic carbocycles. The van der Waals surface area contributed by atoms with Crippen LogP contribution in [0.2, 0.25) is 0 Å². The van der Waals surface area contributed by atoms with Crippen molar-refractivity contribution in [2.24, 2.45) is 5.73 Å². The predicted molar refractivity (Wildman–Crippen MR) is 54.7 cm³/mol. The Labute approximate surface area is 83.2 Å². The first kappa shape index (κ1) is 15.8. The fraction of sp³-hybridized carbons (Fsp3) is 1.00. The minimum atomic E-state index is -4.64. The number of nitrogens with two attached hydrogens (primary N) is 1. The van der Waals surface area contributed by atoms with Crippen LogP contribution in [0.1, 0.15) is 6.42 Å². The van der Waals surface area contributed by atoms with E-state index in [1.807, 2.05) is 0 Å². The van der Waals surface area contributed by atoms with Crippen LogP contribution < -0.4 is 11.1 Å². The van der Waals surface area contributed by atoms with Gasteiger partial charge >= 0.3 is 7.82 Å². The van der Waals surface area contributed by atoms with Crippen molar-refractivity contribution in [1.82, 2.24) is 5.32 Å². The lowest BCUT2D eigenvalue weighted by Crippen LogP contribution is -2.20. The molecule has 0 radical (unpaired) electrons. The maximum atomic E-state index is 8.88. The second kappa shape index (κ2) is 10.5. The van der Waals surface area contributed by atoms with Gasteiger partial charge in [0, 0.05) is 12.3 Å². The van der Waals surface area contributed by atoms with Crippen molar-refractivity contribution < 1.29 is 19.2 Å². The van der Waals surface area contributed by atoms with E-state index in [-0.39, 0.29) is 0 Å². The van der Waals surface area contributed by atoms with Crippen LogP contribution in [0.3, 0.4) is 0 Å². The number of nitrogens with one attached hydrogen (secondary N) is 1. The summed E-state index contributed by atoms with van der Waals surface area (Å²) in [5.41, 5.74) is 5.25. The molecule has 0 aliphatic rings. The van der Waals surface area contributed by atoms with E-state index in [1.165, 1.54) is 0 Å². The van der Waals surface area contributed by atoms with E-state index >= 15 is 0 Å². The first-order chi connectivity index (χ1) is 5.91. The normalized spacial score (nSPS) is 10.5. The lowest BCUT2D eigenvalue weighted by molar-refractivity contribution is 0.275. The molecule has 0 bridgehead atoms. The van der Waals surface area contributed by atoms with E-state index in [4.69, 9.17) is 25.0 Å². The molecule has 0 aromatic heterocycles. The molecule has 82 valence electrons. The molecule has 0 atom stereocenters. The maximum absolute atomic E-state index is 8.88. The highest BCUT2D eigenvalue weighted by atomic mass is 32.1. The first-order valence-electron chi connectivity index (χ1n) is 3.71. The molecule has 0 aliphatic heterocycles. The standard InChI is InChI=1S/C5H14N2S.H3O4P/c6-2-1-3-7-4-5-8;1-5(2,3)4/h7-8H,1-6H2;(H3,1,2,3,4). The average molecular weight is 232 g/mol. The lowest BCUT2D eigenvalue weighted by atomic mass is 10.4. The molecule has 6 N–H and O–H groups in total. The Morgan fingerprint density at radius 1 is 1.31 bits per heavy atom. The highest BCUT2D eigenvalue weighted by molar-refractivity contribution is 7.80. The van der Waals surface area contributed by atoms with Crippen molar-refractivity contribution in [3.05, 3.63) is 0 Å². The smallest absolute Gasteiger partial charge is 0.330 e. The first-order valence-corrected chi connectivity index (χ1v) is 5.91. The van der Waals surface area contributed by atoms with Gasteiger partial charge in [0.25, 0.3) is 0 Å². The second-order valence-electron chi connectivity index (χ2n) is 2.13. The van der Waals surface area contributed by atoms with Crippen LogP contribution in [0.5, 0.6) is 0 Å². The zero-order valence-electron chi connectivity index (χ0n) is 7.26. The minimum absolute atomic E-state index is 0.777. The molecule has 0 amide bonds. The van der Waals surface area contributed by atoms with Crippen LogP contribution >= 0.6 is 20.5 Å². The molecular formula is C5H17N2O4PS. The minimum Gasteiger partial charge on any atom is -0.330 e. The van der Waals surface area contributed by atoms with Gasteiger partial charge in [0.05, 0.1) is 0 Å². The third kappa shape index (κ3) is 46.1. The molecule has 8 heteroatoms. The van der Waals surface area contributed by atoms with Crippen molar-refractivity contribution in [2.45, 2.75) is 6.42 Å². The predicted octanol–water partition coefficient (Wildman–Crippen LogP) is -1.07. The fourth-order valence-electron chi connectivity index (χ4n) is 0.431. The van der Waals surface area contributed by atoms with Crippen molar-refractivity contribution in [3.8, 4) is 0 Å². The third-order valence-electron chi connectivity index (χ3n) is 0.846. The van der Waals surface area contributed by atoms with Gasteiger partial charge in [-0.15, -0.1) is 0 Å². The van der Waals surface area contributed by atoms with Gasteiger partial charge in [0.2, 0.25) is 0 Å². The van der Waals surface area contributed by atoms with E-state index < -0.39 is 7.82 Å². The van der Waals surface area contributed by atoms with Crippen LogP contribution in [0.15, 0.2) is 0 Å². The number of hydrogen-bond acceptors (Lipinski definition) is 4. The molecule has 0 aromatic carbocycles. The number of rotatable bonds is 5. The highest BCUT2D eigenvalue weighted by Crippen LogP contribution is 2.25. The Morgan fingerprint density at radius 3 is 2.08 bits per heavy atom. The zero-order valence-corrected chi connectivity index (χ0v) is 9.05. The largest absolute Gasteiger partial charge is 0.466 e. The van der Waals surface area contributed by atoms with Crippen LogP contribution in [0, 0.1) is 0 Å². The molecule has 0 fully saturated rings. The van der Waals surface area contributed by atoms with E-state index in [2.05, 4.69) is 17.9 Å². The van der Waals surface area contributed by atoms with Gasteiger partial charge < -0.3 is 25.7 Å². The summed E-state index contributed by atoms with van der Waals surface area (Å²) in [7, 11) is -4.64. The molecule has 0 aromatic rings. The summed E-state index contributed by atoms with van der Waals surface area (Å²) in [4.78, 5) is 21.6. The van der Waals surface area contributed by atoms with E-state index in [0.717, 1.165) is 31.8 Å². The third-order valence-corrected chi connectivity index (χ3v) is 1.07. The summed E-state index contributed by atoms with van der Waals surface area (Å²) in [6.07, 6.45) is 1.06. The van der Waals surface area contributed by atoms with Gasteiger partial charge in [-0.3, -0.25) is 0 Å². The van der Waals surface area contributed by atoms with Crippen LogP contribution in [0.25, 0.3) is 0 Å². The van der Waals surface area contributed by atoms with Gasteiger partial charge in [0.1, 0.15) is 0 Å². The van der Waals surface area contributed by atoms with Gasteiger partial charge in [-0.2, -0.15) is 12.6 Å². The second-order valence-corrected chi connectivity index (χ2v) is 3.60.